The summed E-state index contributed by atoms with van der Waals surface area (Å²) in [4.78, 5) is 2.15. The molecule has 0 saturated carbocycles. The number of rotatable bonds is 10. The molecule has 2 aromatic carbocycles. The van der Waals surface area contributed by atoms with E-state index in [1.165, 1.54) is 5.56 Å². The molecule has 0 radical (unpaired) electrons. The van der Waals surface area contributed by atoms with Crippen LogP contribution in [0.2, 0.25) is 5.02 Å². The second kappa shape index (κ2) is 10.4. The molecule has 0 spiro atoms. The largest absolute Gasteiger partial charge is 0.490 e. The molecule has 0 unspecified atom stereocenters. The number of nitrogens with zero attached hydrogens (tertiary/aromatic N) is 1. The molecule has 0 saturated heterocycles. The van der Waals surface area contributed by atoms with Crippen molar-refractivity contribution in [3.8, 4) is 11.5 Å². The van der Waals surface area contributed by atoms with Gasteiger partial charge in [0.25, 0.3) is 0 Å². The molecular weight excluding hydrogens is 348 g/mol. The third-order valence-corrected chi connectivity index (χ3v) is 4.18. The minimum absolute atomic E-state index is 0.460. The summed E-state index contributed by atoms with van der Waals surface area (Å²) >= 11 is 6.49. The number of hydrogen-bond acceptors (Lipinski definition) is 4. The zero-order valence-corrected chi connectivity index (χ0v) is 16.9. The van der Waals surface area contributed by atoms with Crippen molar-refractivity contribution in [2.24, 2.45) is 0 Å². The summed E-state index contributed by atoms with van der Waals surface area (Å²) in [6.07, 6.45) is 0. The lowest BCUT2D eigenvalue weighted by molar-refractivity contribution is 0.269. The van der Waals surface area contributed by atoms with Gasteiger partial charge in [0, 0.05) is 19.6 Å². The normalized spacial score (nSPS) is 11.0. The number of hydrogen-bond donors (Lipinski definition) is 1. The van der Waals surface area contributed by atoms with Crippen molar-refractivity contribution in [1.29, 1.82) is 0 Å². The predicted octanol–water partition coefficient (Wildman–Crippen LogP) is 4.28. The van der Waals surface area contributed by atoms with Gasteiger partial charge in [-0.1, -0.05) is 41.4 Å². The van der Waals surface area contributed by atoms with Crippen LogP contribution in [0.3, 0.4) is 0 Å². The molecule has 4 nitrogen and oxygen atoms in total. The van der Waals surface area contributed by atoms with Crippen molar-refractivity contribution >= 4 is 11.6 Å². The first kappa shape index (κ1) is 20.6. The molecule has 0 fully saturated rings. The lowest BCUT2D eigenvalue weighted by atomic mass is 10.1. The monoisotopic (exact) mass is 376 g/mol. The highest BCUT2D eigenvalue weighted by molar-refractivity contribution is 6.32. The fourth-order valence-electron chi connectivity index (χ4n) is 2.62. The van der Waals surface area contributed by atoms with Crippen LogP contribution in [0.4, 0.5) is 0 Å². The van der Waals surface area contributed by atoms with Crippen molar-refractivity contribution in [2.45, 2.75) is 27.0 Å². The Morgan fingerprint density at radius 2 is 1.88 bits per heavy atom. The maximum Gasteiger partial charge on any atom is 0.180 e. The second-order valence-electron chi connectivity index (χ2n) is 6.60. The van der Waals surface area contributed by atoms with E-state index in [2.05, 4.69) is 43.4 Å². The Balaban J connectivity index is 2.07. The average Bonchev–Trinajstić information content (AvgIpc) is 2.58. The van der Waals surface area contributed by atoms with Crippen LogP contribution in [-0.2, 0) is 13.2 Å². The molecule has 1 N–H and O–H groups in total. The van der Waals surface area contributed by atoms with E-state index in [9.17, 15) is 0 Å². The molecule has 0 atom stereocenters. The Hall–Kier alpha value is -1.75. The minimum atomic E-state index is 0.460. The summed E-state index contributed by atoms with van der Waals surface area (Å²) in [6, 6.07) is 12.2. The zero-order valence-electron chi connectivity index (χ0n) is 16.1. The summed E-state index contributed by atoms with van der Waals surface area (Å²) < 4.78 is 11.8. The molecule has 2 rings (SSSR count). The van der Waals surface area contributed by atoms with Gasteiger partial charge in [-0.3, -0.25) is 0 Å². The Kier molecular flexibility index (Phi) is 8.23. The molecule has 0 heterocycles. The third-order valence-electron chi connectivity index (χ3n) is 3.90. The summed E-state index contributed by atoms with van der Waals surface area (Å²) in [7, 11) is 4.12. The van der Waals surface area contributed by atoms with Crippen LogP contribution in [0, 0.1) is 6.92 Å². The van der Waals surface area contributed by atoms with Crippen molar-refractivity contribution in [3.63, 3.8) is 0 Å². The van der Waals surface area contributed by atoms with Gasteiger partial charge < -0.3 is 19.7 Å². The number of ether oxygens (including phenoxy) is 2. The molecule has 26 heavy (non-hydrogen) atoms. The van der Waals surface area contributed by atoms with Gasteiger partial charge in [-0.25, -0.2) is 0 Å². The fraction of sp³-hybridized carbons (Fsp3) is 0.429. The van der Waals surface area contributed by atoms with Gasteiger partial charge in [-0.05, 0) is 51.2 Å². The maximum absolute atomic E-state index is 6.49. The van der Waals surface area contributed by atoms with Gasteiger partial charge in [-0.2, -0.15) is 0 Å². The highest BCUT2D eigenvalue weighted by Gasteiger charge is 2.13. The van der Waals surface area contributed by atoms with E-state index in [1.54, 1.807) is 0 Å². The molecule has 0 bridgehead atoms. The fourth-order valence-corrected chi connectivity index (χ4v) is 2.91. The molecule has 142 valence electrons. The van der Waals surface area contributed by atoms with Crippen molar-refractivity contribution in [3.05, 3.63) is 58.1 Å². The molecule has 2 aromatic rings. The molecule has 5 heteroatoms. The van der Waals surface area contributed by atoms with Crippen LogP contribution in [0.5, 0.6) is 11.5 Å². The van der Waals surface area contributed by atoms with Gasteiger partial charge in [-0.15, -0.1) is 0 Å². The molecule has 0 aliphatic rings. The van der Waals surface area contributed by atoms with Crippen molar-refractivity contribution in [2.75, 3.05) is 33.8 Å². The first-order valence-electron chi connectivity index (χ1n) is 8.98. The first-order chi connectivity index (χ1) is 12.5. The first-order valence-corrected chi connectivity index (χ1v) is 9.36. The predicted molar refractivity (Wildman–Crippen MR) is 108 cm³/mol. The highest BCUT2D eigenvalue weighted by atomic mass is 35.5. The zero-order chi connectivity index (χ0) is 18.9. The molecular formula is C21H29ClN2O2. The minimum Gasteiger partial charge on any atom is -0.490 e. The number of aryl methyl sites for hydroxylation is 1. The topological polar surface area (TPSA) is 33.7 Å². The second-order valence-corrected chi connectivity index (χ2v) is 7.00. The summed E-state index contributed by atoms with van der Waals surface area (Å²) in [5.41, 5.74) is 3.40. The van der Waals surface area contributed by atoms with Crippen LogP contribution in [-0.4, -0.2) is 38.7 Å². The highest BCUT2D eigenvalue weighted by Crippen LogP contribution is 2.37. The van der Waals surface area contributed by atoms with Gasteiger partial charge in [0.2, 0.25) is 0 Å². The number of benzene rings is 2. The Morgan fingerprint density at radius 3 is 2.58 bits per heavy atom. The van der Waals surface area contributed by atoms with Gasteiger partial charge >= 0.3 is 0 Å². The maximum atomic E-state index is 6.49. The summed E-state index contributed by atoms with van der Waals surface area (Å²) in [5, 5.41) is 3.99. The van der Waals surface area contributed by atoms with E-state index in [0.29, 0.717) is 29.7 Å². The standard InChI is InChI=1S/C21H29ClN2O2/c1-5-25-20-13-18(14-23-9-10-24(3)4)12-19(22)21(20)26-15-17-8-6-7-16(2)11-17/h6-8,11-13,23H,5,9-10,14-15H2,1-4H3. The summed E-state index contributed by atoms with van der Waals surface area (Å²) in [5.74, 6) is 1.30. The van der Waals surface area contributed by atoms with E-state index >= 15 is 0 Å². The van der Waals surface area contributed by atoms with Crippen LogP contribution in [0.15, 0.2) is 36.4 Å². The third kappa shape index (κ3) is 6.52. The quantitative estimate of drug-likeness (QED) is 0.627. The van der Waals surface area contributed by atoms with Crippen molar-refractivity contribution in [1.82, 2.24) is 10.2 Å². The van der Waals surface area contributed by atoms with Crippen LogP contribution in [0.1, 0.15) is 23.6 Å². The Bertz CT molecular complexity index is 704. The van der Waals surface area contributed by atoms with E-state index in [4.69, 9.17) is 21.1 Å². The SMILES string of the molecule is CCOc1cc(CNCCN(C)C)cc(Cl)c1OCc1cccc(C)c1. The molecule has 0 aliphatic carbocycles. The number of halogens is 1. The lowest BCUT2D eigenvalue weighted by Crippen LogP contribution is -2.26. The average molecular weight is 377 g/mol. The van der Waals surface area contributed by atoms with Gasteiger partial charge in [0.05, 0.1) is 11.6 Å². The van der Waals surface area contributed by atoms with E-state index in [-0.39, 0.29) is 0 Å². The lowest BCUT2D eigenvalue weighted by Gasteiger charge is -2.16. The number of likely N-dealkylation sites (N-methyl/N-ethyl adjacent to an activating group) is 1. The molecule has 0 aromatic heterocycles. The van der Waals surface area contributed by atoms with E-state index in [0.717, 1.165) is 30.8 Å². The number of nitrogens with one attached hydrogen (secondary N) is 1. The van der Waals surface area contributed by atoms with E-state index < -0.39 is 0 Å². The van der Waals surface area contributed by atoms with E-state index in [1.807, 2.05) is 31.2 Å². The van der Waals surface area contributed by atoms with Crippen LogP contribution < -0.4 is 14.8 Å². The van der Waals surface area contributed by atoms with Crippen molar-refractivity contribution < 1.29 is 9.47 Å². The van der Waals surface area contributed by atoms with Gasteiger partial charge in [0.15, 0.2) is 11.5 Å². The van der Waals surface area contributed by atoms with Gasteiger partial charge in [0.1, 0.15) is 6.61 Å². The smallest absolute Gasteiger partial charge is 0.180 e. The summed E-state index contributed by atoms with van der Waals surface area (Å²) in [6.45, 7) is 7.70. The Morgan fingerprint density at radius 1 is 1.08 bits per heavy atom. The molecule has 0 aliphatic heterocycles. The molecule has 0 amide bonds. The Labute approximate surface area is 162 Å². The van der Waals surface area contributed by atoms with Crippen LogP contribution in [0.25, 0.3) is 0 Å². The van der Waals surface area contributed by atoms with Crippen LogP contribution >= 0.6 is 11.6 Å².